The zero-order chi connectivity index (χ0) is 24.8. The molecule has 34 heavy (non-hydrogen) atoms. The van der Waals surface area contributed by atoms with Crippen LogP contribution in [-0.4, -0.2) is 32.7 Å². The minimum absolute atomic E-state index is 0.0514. The average molecular weight is 500 g/mol. The number of carbonyl (C=O) groups is 1. The molecule has 2 aromatic carbocycles. The van der Waals surface area contributed by atoms with E-state index < -0.39 is 27.4 Å². The molecule has 1 fully saturated rings. The third-order valence-corrected chi connectivity index (χ3v) is 8.73. The number of carbonyl (C=O) groups excluding carboxylic acids is 1. The van der Waals surface area contributed by atoms with Gasteiger partial charge < -0.3 is 9.80 Å². The molecular formula is C26H30ClN3O3S. The highest BCUT2D eigenvalue weighted by atomic mass is 35.5. The number of piperidine rings is 1. The van der Waals surface area contributed by atoms with Crippen molar-refractivity contribution < 1.29 is 13.2 Å². The lowest BCUT2D eigenvalue weighted by atomic mass is 9.89. The molecule has 6 nitrogen and oxygen atoms in total. The maximum atomic E-state index is 13.3. The Labute approximate surface area is 207 Å². The molecule has 180 valence electrons. The Kier molecular flexibility index (Phi) is 6.64. The van der Waals surface area contributed by atoms with Crippen molar-refractivity contribution in [1.29, 1.82) is 0 Å². The van der Waals surface area contributed by atoms with Crippen LogP contribution in [0.2, 0.25) is 5.02 Å². The Bertz CT molecular complexity index is 1270. The van der Waals surface area contributed by atoms with Gasteiger partial charge in [-0.1, -0.05) is 36.4 Å². The van der Waals surface area contributed by atoms with Crippen LogP contribution >= 0.6 is 11.6 Å². The van der Waals surface area contributed by atoms with Crippen molar-refractivity contribution in [1.82, 2.24) is 4.72 Å². The van der Waals surface area contributed by atoms with Gasteiger partial charge >= 0.3 is 0 Å². The summed E-state index contributed by atoms with van der Waals surface area (Å²) in [7, 11) is -1.60. The first kappa shape index (κ1) is 24.5. The average Bonchev–Trinajstić information content (AvgIpc) is 2.78. The first-order valence-electron chi connectivity index (χ1n) is 11.3. The zero-order valence-corrected chi connectivity index (χ0v) is 21.4. The molecule has 0 bridgehead atoms. The number of nitrogens with zero attached hydrogens (tertiary/aromatic N) is 2. The number of rotatable bonds is 5. The van der Waals surface area contributed by atoms with Gasteiger partial charge in [0, 0.05) is 41.5 Å². The Morgan fingerprint density at radius 3 is 2.47 bits per heavy atom. The van der Waals surface area contributed by atoms with Gasteiger partial charge in [-0.2, -0.15) is 0 Å². The van der Waals surface area contributed by atoms with Crippen molar-refractivity contribution in [3.8, 4) is 0 Å². The fourth-order valence-electron chi connectivity index (χ4n) is 4.57. The molecule has 0 aliphatic carbocycles. The van der Waals surface area contributed by atoms with Gasteiger partial charge in [0.1, 0.15) is 0 Å². The SMILES string of the molecule is C=C1C=C(C)c2ccc(N3C(=O)CC[C@H](NS(=O)(=O)C(C)C)[C@H]3c3ccc(Cl)cc3)cc2N1C. The second-order valence-corrected chi connectivity index (χ2v) is 11.9. The van der Waals surface area contributed by atoms with Gasteiger partial charge in [0.25, 0.3) is 0 Å². The number of halogens is 1. The van der Waals surface area contributed by atoms with Gasteiger partial charge in [0.15, 0.2) is 0 Å². The number of anilines is 2. The quantitative estimate of drug-likeness (QED) is 0.608. The number of hydrogen-bond donors (Lipinski definition) is 1. The van der Waals surface area contributed by atoms with E-state index in [1.807, 2.05) is 55.3 Å². The smallest absolute Gasteiger partial charge is 0.227 e. The van der Waals surface area contributed by atoms with Gasteiger partial charge in [0.05, 0.1) is 17.0 Å². The van der Waals surface area contributed by atoms with E-state index in [1.54, 1.807) is 30.9 Å². The Morgan fingerprint density at radius 1 is 1.15 bits per heavy atom. The highest BCUT2D eigenvalue weighted by Crippen LogP contribution is 2.41. The number of fused-ring (bicyclic) bond motifs is 1. The van der Waals surface area contributed by atoms with Crippen LogP contribution in [0.4, 0.5) is 11.4 Å². The van der Waals surface area contributed by atoms with Gasteiger partial charge in [-0.05, 0) is 68.7 Å². The highest BCUT2D eigenvalue weighted by Gasteiger charge is 2.40. The molecule has 2 aromatic rings. The number of likely N-dealkylation sites (N-methyl/N-ethyl adjacent to an activating group) is 1. The fraction of sp³-hybridized carbons (Fsp3) is 0.346. The topological polar surface area (TPSA) is 69.7 Å². The van der Waals surface area contributed by atoms with E-state index in [0.29, 0.717) is 17.1 Å². The van der Waals surface area contributed by atoms with Crippen molar-refractivity contribution in [3.63, 3.8) is 0 Å². The van der Waals surface area contributed by atoms with Crippen molar-refractivity contribution in [3.05, 3.63) is 77.0 Å². The third kappa shape index (κ3) is 4.52. The summed E-state index contributed by atoms with van der Waals surface area (Å²) < 4.78 is 28.5. The van der Waals surface area contributed by atoms with Crippen LogP contribution in [0.3, 0.4) is 0 Å². The Hall–Kier alpha value is -2.61. The van der Waals surface area contributed by atoms with Crippen LogP contribution in [0.5, 0.6) is 0 Å². The largest absolute Gasteiger partial charge is 0.345 e. The van der Waals surface area contributed by atoms with Gasteiger partial charge in [-0.15, -0.1) is 0 Å². The van der Waals surface area contributed by atoms with E-state index in [1.165, 1.54) is 0 Å². The molecule has 1 N–H and O–H groups in total. The fourth-order valence-corrected chi connectivity index (χ4v) is 5.64. The molecule has 2 atom stereocenters. The molecule has 2 aliphatic rings. The zero-order valence-electron chi connectivity index (χ0n) is 19.9. The minimum atomic E-state index is -3.55. The van der Waals surface area contributed by atoms with Crippen molar-refractivity contribution in [2.45, 2.75) is 50.9 Å². The van der Waals surface area contributed by atoms with Crippen molar-refractivity contribution >= 4 is 44.5 Å². The van der Waals surface area contributed by atoms with Crippen LogP contribution < -0.4 is 14.5 Å². The second kappa shape index (κ2) is 9.21. The van der Waals surface area contributed by atoms with E-state index in [4.69, 9.17) is 11.6 Å². The monoisotopic (exact) mass is 499 g/mol. The lowest BCUT2D eigenvalue weighted by Gasteiger charge is -2.42. The number of allylic oxidation sites excluding steroid dienone is 2. The number of sulfonamides is 1. The normalized spacial score (nSPS) is 21.1. The van der Waals surface area contributed by atoms with Gasteiger partial charge in [-0.25, -0.2) is 13.1 Å². The number of benzene rings is 2. The summed E-state index contributed by atoms with van der Waals surface area (Å²) in [6.45, 7) is 9.45. The van der Waals surface area contributed by atoms with Crippen LogP contribution in [0.1, 0.15) is 50.8 Å². The molecule has 0 saturated carbocycles. The molecule has 8 heteroatoms. The first-order valence-corrected chi connectivity index (χ1v) is 13.3. The van der Waals surface area contributed by atoms with Crippen LogP contribution in [0.25, 0.3) is 5.57 Å². The summed E-state index contributed by atoms with van der Waals surface area (Å²) in [4.78, 5) is 17.1. The molecule has 4 rings (SSSR count). The Balaban J connectivity index is 1.84. The number of nitrogens with one attached hydrogen (secondary N) is 1. The third-order valence-electron chi connectivity index (χ3n) is 6.60. The van der Waals surface area contributed by atoms with Crippen LogP contribution in [-0.2, 0) is 14.8 Å². The molecule has 2 aliphatic heterocycles. The maximum absolute atomic E-state index is 13.3. The number of amides is 1. The predicted octanol–water partition coefficient (Wildman–Crippen LogP) is 5.27. The lowest BCUT2D eigenvalue weighted by molar-refractivity contribution is -0.120. The maximum Gasteiger partial charge on any atom is 0.227 e. The summed E-state index contributed by atoms with van der Waals surface area (Å²) in [5.41, 5.74) is 5.53. The van der Waals surface area contributed by atoms with Crippen molar-refractivity contribution in [2.75, 3.05) is 16.8 Å². The summed E-state index contributed by atoms with van der Waals surface area (Å²) in [5.74, 6) is -0.0514. The molecule has 0 radical (unpaired) electrons. The van der Waals surface area contributed by atoms with Crippen LogP contribution in [0.15, 0.2) is 60.8 Å². The number of hydrogen-bond acceptors (Lipinski definition) is 4. The van der Waals surface area contributed by atoms with E-state index in [9.17, 15) is 13.2 Å². The predicted molar refractivity (Wildman–Crippen MR) is 140 cm³/mol. The van der Waals surface area contributed by atoms with E-state index in [0.717, 1.165) is 28.1 Å². The highest BCUT2D eigenvalue weighted by molar-refractivity contribution is 7.90. The standard InChI is InChI=1S/C26H30ClN3O3S/c1-16(2)34(32,33)28-23-12-13-25(31)30(26(23)19-6-8-20(27)9-7-19)21-10-11-22-17(3)14-18(4)29(5)24(22)15-21/h6-11,14-16,23,26,28H,4,12-13H2,1-3,5H3/t23-,26+/m0/s1. The molecule has 0 spiro atoms. The van der Waals surface area contributed by atoms with Crippen LogP contribution in [0, 0.1) is 0 Å². The molecule has 1 amide bonds. The molecule has 1 saturated heterocycles. The summed E-state index contributed by atoms with van der Waals surface area (Å²) in [6, 6.07) is 12.2. The molecular weight excluding hydrogens is 470 g/mol. The lowest BCUT2D eigenvalue weighted by Crippen LogP contribution is -2.53. The first-order chi connectivity index (χ1) is 16.0. The van der Waals surface area contributed by atoms with E-state index >= 15 is 0 Å². The summed E-state index contributed by atoms with van der Waals surface area (Å²) in [6.07, 6.45) is 2.69. The molecule has 0 aromatic heterocycles. The summed E-state index contributed by atoms with van der Waals surface area (Å²) in [5, 5.41) is -0.00413. The second-order valence-electron chi connectivity index (χ2n) is 9.20. The summed E-state index contributed by atoms with van der Waals surface area (Å²) >= 11 is 6.13. The van der Waals surface area contributed by atoms with E-state index in [-0.39, 0.29) is 12.3 Å². The minimum Gasteiger partial charge on any atom is -0.345 e. The molecule has 0 unspecified atom stereocenters. The van der Waals surface area contributed by atoms with Gasteiger partial charge in [0.2, 0.25) is 15.9 Å². The Morgan fingerprint density at radius 2 is 1.82 bits per heavy atom. The van der Waals surface area contributed by atoms with E-state index in [2.05, 4.69) is 11.3 Å². The molecule has 2 heterocycles. The van der Waals surface area contributed by atoms with Crippen molar-refractivity contribution in [2.24, 2.45) is 0 Å². The van der Waals surface area contributed by atoms with Gasteiger partial charge in [-0.3, -0.25) is 4.79 Å².